The number of ether oxygens (including phenoxy) is 1. The molecule has 0 spiro atoms. The molecule has 19 heavy (non-hydrogen) atoms. The molecule has 0 fully saturated rings. The first-order chi connectivity index (χ1) is 8.83. The Morgan fingerprint density at radius 2 is 2.16 bits per heavy atom. The van der Waals surface area contributed by atoms with Gasteiger partial charge in [-0.25, -0.2) is 0 Å². The molecule has 0 saturated carbocycles. The lowest BCUT2D eigenvalue weighted by Gasteiger charge is -2.19. The molecule has 1 aliphatic heterocycles. The van der Waals surface area contributed by atoms with Gasteiger partial charge in [-0.15, -0.1) is 0 Å². The third-order valence-corrected chi connectivity index (χ3v) is 3.34. The molecule has 0 bridgehead atoms. The summed E-state index contributed by atoms with van der Waals surface area (Å²) in [7, 11) is -1.03. The van der Waals surface area contributed by atoms with E-state index in [1.807, 2.05) is 6.92 Å². The minimum absolute atomic E-state index is 0.130. The van der Waals surface area contributed by atoms with Gasteiger partial charge in [0, 0.05) is 16.0 Å². The summed E-state index contributed by atoms with van der Waals surface area (Å²) < 4.78 is 11.0. The maximum Gasteiger partial charge on any atom is 0.495 e. The van der Waals surface area contributed by atoms with E-state index >= 15 is 0 Å². The van der Waals surface area contributed by atoms with E-state index in [4.69, 9.17) is 21.0 Å². The molecule has 0 saturated heterocycles. The van der Waals surface area contributed by atoms with Crippen LogP contribution < -0.4 is 10.2 Å². The molecule has 2 rings (SSSR count). The Labute approximate surface area is 118 Å². The van der Waals surface area contributed by atoms with Crippen LogP contribution in [0.4, 0.5) is 0 Å². The van der Waals surface area contributed by atoms with Gasteiger partial charge in [-0.05, 0) is 32.4 Å². The zero-order valence-electron chi connectivity index (χ0n) is 11.3. The number of hydrogen-bond acceptors (Lipinski definition) is 4. The van der Waals surface area contributed by atoms with E-state index in [1.165, 1.54) is 0 Å². The highest BCUT2D eigenvalue weighted by molar-refractivity contribution is 6.63. The van der Waals surface area contributed by atoms with Crippen molar-refractivity contribution in [3.63, 3.8) is 0 Å². The van der Waals surface area contributed by atoms with Gasteiger partial charge in [-0.2, -0.15) is 0 Å². The van der Waals surface area contributed by atoms with Gasteiger partial charge in [0.25, 0.3) is 0 Å². The summed E-state index contributed by atoms with van der Waals surface area (Å²) >= 11 is 6.17. The van der Waals surface area contributed by atoms with Crippen LogP contribution in [0.25, 0.3) is 0 Å². The number of fused-ring (bicyclic) bond motifs is 1. The molecule has 2 N–H and O–H groups in total. The van der Waals surface area contributed by atoms with Gasteiger partial charge in [0.1, 0.15) is 12.4 Å². The molecule has 1 aliphatic rings. The standard InChI is InChI=1S/C13H18BClO4/c1-4-9-11-8(15)5-6-10(12(11)14(17)19-9)18-7-13(2,3)16/h5-6,9,16-17H,4,7H2,1-3H3/t9-/m1/s1. The van der Waals surface area contributed by atoms with E-state index in [9.17, 15) is 10.1 Å². The van der Waals surface area contributed by atoms with Crippen LogP contribution in [0.5, 0.6) is 5.75 Å². The Kier molecular flexibility index (Phi) is 4.11. The lowest BCUT2D eigenvalue weighted by Crippen LogP contribution is -2.33. The molecule has 1 atom stereocenters. The first-order valence-corrected chi connectivity index (χ1v) is 6.72. The van der Waals surface area contributed by atoms with Crippen LogP contribution in [0.3, 0.4) is 0 Å². The summed E-state index contributed by atoms with van der Waals surface area (Å²) in [5.74, 6) is 0.505. The molecule has 1 aromatic rings. The minimum atomic E-state index is -1.03. The van der Waals surface area contributed by atoms with E-state index < -0.39 is 12.7 Å². The molecule has 6 heteroatoms. The summed E-state index contributed by atoms with van der Waals surface area (Å²) in [5.41, 5.74) is 0.412. The van der Waals surface area contributed by atoms with Crippen LogP contribution in [0.15, 0.2) is 12.1 Å². The molecule has 4 nitrogen and oxygen atoms in total. The first-order valence-electron chi connectivity index (χ1n) is 6.34. The van der Waals surface area contributed by atoms with Crippen molar-refractivity contribution in [2.45, 2.75) is 38.9 Å². The second-order valence-electron chi connectivity index (χ2n) is 5.36. The zero-order valence-corrected chi connectivity index (χ0v) is 12.1. The second kappa shape index (κ2) is 5.33. The molecule has 104 valence electrons. The van der Waals surface area contributed by atoms with Crippen molar-refractivity contribution in [2.24, 2.45) is 0 Å². The lowest BCUT2D eigenvalue weighted by molar-refractivity contribution is 0.0288. The predicted octanol–water partition coefficient (Wildman–Crippen LogP) is 1.66. The van der Waals surface area contributed by atoms with E-state index in [1.54, 1.807) is 26.0 Å². The summed E-state index contributed by atoms with van der Waals surface area (Å²) in [6, 6.07) is 3.42. The fraction of sp³-hybridized carbons (Fsp3) is 0.538. The Morgan fingerprint density at radius 1 is 1.47 bits per heavy atom. The summed E-state index contributed by atoms with van der Waals surface area (Å²) in [5, 5.41) is 20.3. The molecule has 0 amide bonds. The topological polar surface area (TPSA) is 58.9 Å². The van der Waals surface area contributed by atoms with Crippen LogP contribution in [-0.4, -0.2) is 29.5 Å². The average molecular weight is 285 g/mol. The third-order valence-electron chi connectivity index (χ3n) is 3.01. The van der Waals surface area contributed by atoms with Gasteiger partial charge in [-0.3, -0.25) is 0 Å². The fourth-order valence-electron chi connectivity index (χ4n) is 2.14. The number of benzene rings is 1. The molecular formula is C13H18BClO4. The Balaban J connectivity index is 2.35. The van der Waals surface area contributed by atoms with Crippen molar-refractivity contribution in [3.8, 4) is 5.75 Å². The Morgan fingerprint density at radius 3 is 2.74 bits per heavy atom. The van der Waals surface area contributed by atoms with E-state index in [2.05, 4.69) is 0 Å². The van der Waals surface area contributed by atoms with Crippen molar-refractivity contribution in [2.75, 3.05) is 6.61 Å². The fourth-order valence-corrected chi connectivity index (χ4v) is 2.43. The van der Waals surface area contributed by atoms with Crippen molar-refractivity contribution >= 4 is 24.2 Å². The van der Waals surface area contributed by atoms with Gasteiger partial charge in [0.2, 0.25) is 0 Å². The second-order valence-corrected chi connectivity index (χ2v) is 5.77. The first kappa shape index (κ1) is 14.7. The van der Waals surface area contributed by atoms with Gasteiger partial charge in [0.05, 0.1) is 11.7 Å². The molecule has 0 aromatic heterocycles. The largest absolute Gasteiger partial charge is 0.495 e. The number of hydrogen-bond donors (Lipinski definition) is 2. The highest BCUT2D eigenvalue weighted by atomic mass is 35.5. The lowest BCUT2D eigenvalue weighted by atomic mass is 9.78. The van der Waals surface area contributed by atoms with Gasteiger partial charge in [-0.1, -0.05) is 18.5 Å². The summed E-state index contributed by atoms with van der Waals surface area (Å²) in [6.07, 6.45) is 0.502. The molecular weight excluding hydrogens is 266 g/mol. The average Bonchev–Trinajstić information content (AvgIpc) is 2.66. The highest BCUT2D eigenvalue weighted by Gasteiger charge is 2.39. The van der Waals surface area contributed by atoms with Crippen LogP contribution in [0.2, 0.25) is 5.02 Å². The number of rotatable bonds is 4. The third kappa shape index (κ3) is 3.05. The molecule has 0 unspecified atom stereocenters. The normalized spacial score (nSPS) is 18.6. The van der Waals surface area contributed by atoms with Gasteiger partial charge >= 0.3 is 7.12 Å². The van der Waals surface area contributed by atoms with Crippen molar-refractivity contribution in [3.05, 3.63) is 22.7 Å². The Bertz CT molecular complexity index is 472. The van der Waals surface area contributed by atoms with E-state index in [0.29, 0.717) is 16.2 Å². The maximum atomic E-state index is 9.99. The molecule has 1 aromatic carbocycles. The van der Waals surface area contributed by atoms with E-state index in [-0.39, 0.29) is 12.7 Å². The smallest absolute Gasteiger partial charge is 0.491 e. The number of halogens is 1. The quantitative estimate of drug-likeness (QED) is 0.826. The van der Waals surface area contributed by atoms with Gasteiger partial charge in [0.15, 0.2) is 0 Å². The van der Waals surface area contributed by atoms with Crippen LogP contribution in [0.1, 0.15) is 38.9 Å². The minimum Gasteiger partial charge on any atom is -0.491 e. The monoisotopic (exact) mass is 284 g/mol. The Hall–Kier alpha value is -0.745. The molecule has 0 radical (unpaired) electrons. The predicted molar refractivity (Wildman–Crippen MR) is 75.0 cm³/mol. The SMILES string of the molecule is CC[C@H]1OB(O)c2c(OCC(C)(C)O)ccc(Cl)c21. The summed E-state index contributed by atoms with van der Waals surface area (Å²) in [6.45, 7) is 5.41. The van der Waals surface area contributed by atoms with Crippen molar-refractivity contribution in [1.29, 1.82) is 0 Å². The maximum absolute atomic E-state index is 9.99. The van der Waals surface area contributed by atoms with Crippen LogP contribution >= 0.6 is 11.6 Å². The van der Waals surface area contributed by atoms with E-state index in [0.717, 1.165) is 12.0 Å². The molecule has 1 heterocycles. The zero-order chi connectivity index (χ0) is 14.2. The highest BCUT2D eigenvalue weighted by Crippen LogP contribution is 2.35. The van der Waals surface area contributed by atoms with Crippen LogP contribution in [-0.2, 0) is 4.65 Å². The van der Waals surface area contributed by atoms with Crippen LogP contribution in [0, 0.1) is 0 Å². The number of aliphatic hydroxyl groups is 1. The van der Waals surface area contributed by atoms with Gasteiger partial charge < -0.3 is 19.5 Å². The molecule has 0 aliphatic carbocycles. The summed E-state index contributed by atoms with van der Waals surface area (Å²) in [4.78, 5) is 0. The van der Waals surface area contributed by atoms with Crippen molar-refractivity contribution < 1.29 is 19.5 Å². The van der Waals surface area contributed by atoms with Crippen molar-refractivity contribution in [1.82, 2.24) is 0 Å².